The zero-order valence-corrected chi connectivity index (χ0v) is 32.2. The Hall–Kier alpha value is 2.51. The van der Waals surface area contributed by atoms with Crippen LogP contribution in [-0.4, -0.2) is 180 Å². The van der Waals surface area contributed by atoms with Crippen LogP contribution in [0.25, 0.3) is 0 Å². The third-order valence-corrected chi connectivity index (χ3v) is 0.877. The van der Waals surface area contributed by atoms with E-state index in [2.05, 4.69) is 0 Å². The van der Waals surface area contributed by atoms with Crippen LogP contribution in [0.1, 0.15) is 0 Å². The van der Waals surface area contributed by atoms with Crippen molar-refractivity contribution in [1.29, 1.82) is 0 Å². The molecule has 37 heteroatoms. The molecule has 0 aliphatic heterocycles. The van der Waals surface area contributed by atoms with Gasteiger partial charge in [-0.15, -0.1) is 0 Å². The summed E-state index contributed by atoms with van der Waals surface area (Å²) < 4.78 is 257. The molecule has 242 valence electrons. The van der Waals surface area contributed by atoms with Crippen LogP contribution in [0.5, 0.6) is 0 Å². The van der Waals surface area contributed by atoms with Gasteiger partial charge in [-0.05, 0) is 0 Å². The zero-order valence-electron chi connectivity index (χ0n) is 16.1. The maximum absolute atomic E-state index is 10.7. The molecule has 0 bridgehead atoms. The van der Waals surface area contributed by atoms with Crippen LogP contribution >= 0.6 is 0 Å². The van der Waals surface area contributed by atoms with E-state index in [1.807, 2.05) is 0 Å². The second-order valence-electron chi connectivity index (χ2n) is 3.76. The first-order chi connectivity index (χ1) is 15.2. The first-order valence-electron chi connectivity index (χ1n) is 5.80. The van der Waals surface area contributed by atoms with Gasteiger partial charge in [-0.25, -0.2) is 0 Å². The summed E-state index contributed by atoms with van der Waals surface area (Å²) in [6, 6.07) is 0. The summed E-state index contributed by atoms with van der Waals surface area (Å²) >= 11 is -35.1. The van der Waals surface area contributed by atoms with Gasteiger partial charge in [-0.2, -0.15) is 21.6 Å². The van der Waals surface area contributed by atoms with E-state index in [4.69, 9.17) is 71.7 Å². The molecule has 0 aliphatic carbocycles. The van der Waals surface area contributed by atoms with Crippen molar-refractivity contribution in [3.8, 4) is 0 Å². The van der Waals surface area contributed by atoms with Crippen molar-refractivity contribution in [3.63, 3.8) is 0 Å². The molecule has 0 saturated carbocycles. The molecule has 0 saturated heterocycles. The number of alkyl halides is 3. The summed E-state index contributed by atoms with van der Waals surface area (Å²) in [7, 11) is -5.84. The predicted molar refractivity (Wildman–Crippen MR) is 89.5 cm³/mol. The molecule has 0 aromatic rings. The molecule has 0 atom stereocenters. The molecule has 13 N–H and O–H groups in total. The van der Waals surface area contributed by atoms with E-state index in [9.17, 15) is 30.0 Å². The summed E-state index contributed by atoms with van der Waals surface area (Å²) in [6.45, 7) is 0. The molecule has 0 fully saturated rings. The molecular formula is CH13F9O21SSb6. The first-order valence-corrected chi connectivity index (χ1v) is 33.0. The molecule has 38 heavy (non-hydrogen) atoms. The Labute approximate surface area is 235 Å². The van der Waals surface area contributed by atoms with Gasteiger partial charge in [-0.3, -0.25) is 4.55 Å². The summed E-state index contributed by atoms with van der Waals surface area (Å²) in [5.74, 6) is 0. The van der Waals surface area contributed by atoms with Crippen molar-refractivity contribution in [1.82, 2.24) is 0 Å². The Morgan fingerprint density at radius 1 is 0.395 bits per heavy atom. The van der Waals surface area contributed by atoms with Crippen LogP contribution in [-0.2, 0) is 28.2 Å². The van der Waals surface area contributed by atoms with E-state index in [1.54, 1.807) is 0 Å². The second kappa shape index (κ2) is 23.0. The van der Waals surface area contributed by atoms with Crippen LogP contribution in [0.2, 0.25) is 0 Å². The van der Waals surface area contributed by atoms with Gasteiger partial charge >= 0.3 is 213 Å². The standard InChI is InChI=1S/CHF3O3S.6FH.12H2O.6O.6Sb/c2-1(3,4)8(5,6)7;;;;;;;;;;;;;;;;;;;;;;;;;;;;;;/h(H,5,6,7);6*1H;12*1H2;;;;;;;;;;;;/q;;;;;;;;;;;;;;;;;;;;;;;;;6*+3/p-18. The summed E-state index contributed by atoms with van der Waals surface area (Å²) in [5.41, 5.74) is -5.53. The second-order valence-corrected chi connectivity index (χ2v) is 21.4. The van der Waals surface area contributed by atoms with Gasteiger partial charge in [0.15, 0.2) is 0 Å². The van der Waals surface area contributed by atoms with Crippen molar-refractivity contribution in [2.45, 2.75) is 5.51 Å². The van der Waals surface area contributed by atoms with Gasteiger partial charge in [0.1, 0.15) is 0 Å². The van der Waals surface area contributed by atoms with E-state index in [0.29, 0.717) is 0 Å². The number of halogens is 9. The fourth-order valence-electron chi connectivity index (χ4n) is 0. The number of rotatable bonds is 0. The summed E-state index contributed by atoms with van der Waals surface area (Å²) in [6.07, 6.45) is 0. The van der Waals surface area contributed by atoms with Gasteiger partial charge in [-0.1, -0.05) is 0 Å². The van der Waals surface area contributed by atoms with Crippen LogP contribution in [0.15, 0.2) is 0 Å². The first kappa shape index (κ1) is 56.3. The zero-order chi connectivity index (χ0) is 34.0. The minimum atomic E-state index is -5.85. The Balaban J connectivity index is -0.0000000596. The quantitative estimate of drug-likeness (QED) is 0.0464. The van der Waals surface area contributed by atoms with Crippen LogP contribution < -0.4 is 0 Å². The Kier molecular flexibility index (Phi) is 34.0. The van der Waals surface area contributed by atoms with Gasteiger partial charge in [0.05, 0.1) is 0 Å². The van der Waals surface area contributed by atoms with Gasteiger partial charge in [0, 0.05) is 0 Å². The molecule has 0 aromatic heterocycles. The molecule has 0 radical (unpaired) electrons. The molecular weight excluding hydrogens is 1280 g/mol. The fourth-order valence-corrected chi connectivity index (χ4v) is 0. The average Bonchev–Trinajstić information content (AvgIpc) is 2.20. The van der Waals surface area contributed by atoms with Crippen molar-refractivity contribution in [2.24, 2.45) is 0 Å². The van der Waals surface area contributed by atoms with E-state index in [-0.39, 0.29) is 0 Å². The SMILES string of the molecule is O=S(=O)(O)C(F)(F)F.[O]=[Sb]([OH])([OH])[F].[O]=[Sb]([OH])([OH])[F].[O]=[Sb]([OH])([OH])[F].[O]=[Sb]([OH])([OH])[F].[O]=[Sb]([OH])([OH])[F].[O]=[Sb]([OH])([OH])[F]. The van der Waals surface area contributed by atoms with Gasteiger partial charge in [0.25, 0.3) is 0 Å². The van der Waals surface area contributed by atoms with Crippen LogP contribution in [0.4, 0.5) is 30.0 Å². The van der Waals surface area contributed by atoms with E-state index < -0.39 is 137 Å². The predicted octanol–water partition coefficient (Wildman–Crippen LogP) is -6.77. The molecule has 21 nitrogen and oxygen atoms in total. The molecule has 0 spiro atoms. The van der Waals surface area contributed by atoms with E-state index in [1.165, 1.54) is 0 Å². The molecule has 0 unspecified atom stereocenters. The monoisotopic (exact) mass is 1290 g/mol. The van der Waals surface area contributed by atoms with Crippen LogP contribution in [0, 0.1) is 0 Å². The van der Waals surface area contributed by atoms with Crippen molar-refractivity contribution >= 4 is 131 Å². The van der Waals surface area contributed by atoms with Crippen molar-refractivity contribution < 1.29 is 102 Å². The van der Waals surface area contributed by atoms with Gasteiger partial charge in [0.2, 0.25) is 0 Å². The fraction of sp³-hybridized carbons (Fsp3) is 1.00. The van der Waals surface area contributed by atoms with Gasteiger partial charge < -0.3 is 0 Å². The summed E-state index contributed by atoms with van der Waals surface area (Å²) in [4.78, 5) is 0. The third-order valence-electron chi connectivity index (χ3n) is 0.292. The molecule has 0 aromatic carbocycles. The molecule has 0 aliphatic rings. The minimum absolute atomic E-state index is 5.53. The summed E-state index contributed by atoms with van der Waals surface area (Å²) in [5, 5.41) is 0. The molecule has 0 heterocycles. The Morgan fingerprint density at radius 3 is 0.421 bits per heavy atom. The maximum atomic E-state index is 10.7. The van der Waals surface area contributed by atoms with Crippen LogP contribution in [0.3, 0.4) is 0 Å². The van der Waals surface area contributed by atoms with Crippen molar-refractivity contribution in [3.05, 3.63) is 0 Å². The van der Waals surface area contributed by atoms with Crippen molar-refractivity contribution in [2.75, 3.05) is 0 Å². The third kappa shape index (κ3) is 409. The number of hydrogen-bond acceptors (Lipinski definition) is 8. The van der Waals surface area contributed by atoms with E-state index >= 15 is 0 Å². The average molecular weight is 1290 g/mol. The van der Waals surface area contributed by atoms with E-state index in [0.717, 1.165) is 0 Å². The topological polar surface area (TPSA) is 400 Å². The Morgan fingerprint density at radius 2 is 0.421 bits per heavy atom. The number of hydrogen-bond donors (Lipinski definition) is 13. The normalized spacial score (nSPS) is 12.3. The Bertz CT molecular complexity index is 778. The molecule has 0 amide bonds. The molecule has 0 rings (SSSR count).